The van der Waals surface area contributed by atoms with Gasteiger partial charge >= 0.3 is 17.9 Å². The summed E-state index contributed by atoms with van der Waals surface area (Å²) in [6.45, 7) is 6.38. The Morgan fingerprint density at radius 2 is 0.543 bits per heavy atom. The third-order valence-corrected chi connectivity index (χ3v) is 11.3. The van der Waals surface area contributed by atoms with Crippen LogP contribution in [-0.4, -0.2) is 37.2 Å². The van der Waals surface area contributed by atoms with Crippen molar-refractivity contribution in [3.8, 4) is 0 Å². The molecule has 0 radical (unpaired) electrons. The van der Waals surface area contributed by atoms with Crippen LogP contribution >= 0.6 is 0 Å². The van der Waals surface area contributed by atoms with Crippen LogP contribution in [0.2, 0.25) is 0 Å². The monoisotopic (exact) mass is 965 g/mol. The second-order valence-electron chi connectivity index (χ2n) is 18.1. The Morgan fingerprint density at radius 1 is 0.286 bits per heavy atom. The van der Waals surface area contributed by atoms with Gasteiger partial charge in [0.1, 0.15) is 13.2 Å². The van der Waals surface area contributed by atoms with Crippen LogP contribution in [0.25, 0.3) is 0 Å². The van der Waals surface area contributed by atoms with E-state index in [0.29, 0.717) is 12.8 Å². The number of ether oxygens (including phenoxy) is 3. The van der Waals surface area contributed by atoms with Gasteiger partial charge in [0.2, 0.25) is 0 Å². The minimum absolute atomic E-state index is 0.117. The highest BCUT2D eigenvalue weighted by molar-refractivity contribution is 5.71. The Kier molecular flexibility index (Phi) is 53.0. The number of allylic oxidation sites excluding steroid dienone is 24. The highest BCUT2D eigenvalue weighted by Crippen LogP contribution is 2.13. The molecule has 0 bridgehead atoms. The van der Waals surface area contributed by atoms with Crippen molar-refractivity contribution in [1.29, 1.82) is 0 Å². The van der Waals surface area contributed by atoms with Crippen molar-refractivity contribution in [2.45, 2.75) is 226 Å². The van der Waals surface area contributed by atoms with Crippen molar-refractivity contribution in [2.24, 2.45) is 0 Å². The van der Waals surface area contributed by atoms with Gasteiger partial charge in [0, 0.05) is 19.3 Å². The van der Waals surface area contributed by atoms with Crippen LogP contribution in [0, 0.1) is 0 Å². The maximum absolute atomic E-state index is 12.9. The zero-order valence-corrected chi connectivity index (χ0v) is 44.7. The second kappa shape index (κ2) is 56.9. The molecule has 1 atom stereocenters. The molecule has 0 aliphatic heterocycles. The predicted octanol–water partition coefficient (Wildman–Crippen LogP) is 18.8. The van der Waals surface area contributed by atoms with Gasteiger partial charge in [0.15, 0.2) is 6.10 Å². The molecule has 0 heterocycles. The van der Waals surface area contributed by atoms with Gasteiger partial charge in [-0.25, -0.2) is 0 Å². The molecule has 6 heteroatoms. The molecule has 0 aromatic rings. The predicted molar refractivity (Wildman–Crippen MR) is 302 cm³/mol. The molecule has 0 saturated heterocycles. The second-order valence-corrected chi connectivity index (χ2v) is 18.1. The van der Waals surface area contributed by atoms with E-state index in [0.717, 1.165) is 122 Å². The van der Waals surface area contributed by atoms with E-state index in [1.807, 2.05) is 72.9 Å². The number of hydrogen-bond acceptors (Lipinski definition) is 6. The average Bonchev–Trinajstić information content (AvgIpc) is 3.36. The van der Waals surface area contributed by atoms with Crippen LogP contribution in [0.5, 0.6) is 0 Å². The number of carbonyl (C=O) groups is 3. The smallest absolute Gasteiger partial charge is 0.306 e. The fraction of sp³-hybridized carbons (Fsp3) is 0.578. The summed E-state index contributed by atoms with van der Waals surface area (Å²) >= 11 is 0. The van der Waals surface area contributed by atoms with E-state index in [2.05, 4.69) is 93.7 Å². The zero-order valence-electron chi connectivity index (χ0n) is 44.7. The molecule has 0 aromatic heterocycles. The molecule has 392 valence electrons. The molecule has 0 amide bonds. The lowest BCUT2D eigenvalue weighted by Crippen LogP contribution is -2.30. The number of unbranched alkanes of at least 4 members (excludes halogenated alkanes) is 22. The summed E-state index contributed by atoms with van der Waals surface area (Å²) in [5.74, 6) is -0.998. The maximum Gasteiger partial charge on any atom is 0.306 e. The quantitative estimate of drug-likeness (QED) is 0.0262. The van der Waals surface area contributed by atoms with Gasteiger partial charge in [-0.3, -0.25) is 14.4 Å². The first-order chi connectivity index (χ1) is 34.5. The van der Waals surface area contributed by atoms with Crippen LogP contribution in [0.4, 0.5) is 0 Å². The molecular weight excluding hydrogens is 865 g/mol. The standard InChI is InChI=1S/C64H100O6/c1-4-7-10-13-16-19-22-25-28-31-33-36-39-42-45-48-51-54-57-63(66)69-60-61(59-68-62(65)56-53-50-47-44-41-38-35-30-27-24-21-18-15-12-9-6-3)70-64(67)58-55-52-49-46-43-40-37-34-32-29-26-23-20-17-14-11-8-5-2/h10-11,13-14,16-17,19-20,22-23,25-26,28-38,41,61H,4-9,12,15,18,21,24,27,39-40,42-60H2,1-3H3/b13-10-,14-11-,19-16-,20-17-,25-22-,26-23-,31-28-,32-29-,35-30-,36-33-,37-34-,41-38-. The van der Waals surface area contributed by atoms with Crippen LogP contribution in [0.1, 0.15) is 220 Å². The highest BCUT2D eigenvalue weighted by atomic mass is 16.6. The SMILES string of the molecule is CCC\C=C/C=C\C=C/C=C\C=C/CCCCCCCC(=O)OCC(COC(=O)CCCCC/C=C\C=C/CCCCCCCCC)OC(=O)CCCCCCC\C=C/C=C\C=C/C=C\C=C/CCC. The lowest BCUT2D eigenvalue weighted by molar-refractivity contribution is -0.167. The molecular formula is C64H100O6. The van der Waals surface area contributed by atoms with Gasteiger partial charge in [0.25, 0.3) is 0 Å². The summed E-state index contributed by atoms with van der Waals surface area (Å²) in [6.07, 6.45) is 81.0. The summed E-state index contributed by atoms with van der Waals surface area (Å²) in [6, 6.07) is 0. The summed E-state index contributed by atoms with van der Waals surface area (Å²) in [4.78, 5) is 38.1. The van der Waals surface area contributed by atoms with E-state index in [-0.39, 0.29) is 37.5 Å². The Morgan fingerprint density at radius 3 is 0.886 bits per heavy atom. The molecule has 0 N–H and O–H groups in total. The molecule has 0 spiro atoms. The van der Waals surface area contributed by atoms with Gasteiger partial charge in [-0.15, -0.1) is 0 Å². The van der Waals surface area contributed by atoms with Crippen LogP contribution in [0.15, 0.2) is 146 Å². The van der Waals surface area contributed by atoms with Crippen LogP contribution in [0.3, 0.4) is 0 Å². The van der Waals surface area contributed by atoms with Gasteiger partial charge in [0.05, 0.1) is 0 Å². The third-order valence-electron chi connectivity index (χ3n) is 11.3. The van der Waals surface area contributed by atoms with Gasteiger partial charge in [-0.2, -0.15) is 0 Å². The Bertz CT molecular complexity index is 1580. The minimum Gasteiger partial charge on any atom is -0.462 e. The highest BCUT2D eigenvalue weighted by Gasteiger charge is 2.19. The van der Waals surface area contributed by atoms with Gasteiger partial charge in [-0.05, 0) is 83.5 Å². The average molecular weight is 965 g/mol. The number of carbonyl (C=O) groups excluding carboxylic acids is 3. The lowest BCUT2D eigenvalue weighted by atomic mass is 10.1. The minimum atomic E-state index is -0.821. The van der Waals surface area contributed by atoms with E-state index in [4.69, 9.17) is 14.2 Å². The molecule has 70 heavy (non-hydrogen) atoms. The summed E-state index contributed by atoms with van der Waals surface area (Å²) in [5, 5.41) is 0. The first-order valence-electron chi connectivity index (χ1n) is 28.0. The third kappa shape index (κ3) is 54.2. The first kappa shape index (κ1) is 65.3. The molecule has 0 saturated carbocycles. The molecule has 6 nitrogen and oxygen atoms in total. The molecule has 0 aromatic carbocycles. The van der Waals surface area contributed by atoms with E-state index in [9.17, 15) is 14.4 Å². The van der Waals surface area contributed by atoms with Crippen LogP contribution < -0.4 is 0 Å². The summed E-state index contributed by atoms with van der Waals surface area (Å²) in [7, 11) is 0. The normalized spacial score (nSPS) is 13.2. The van der Waals surface area contributed by atoms with Crippen molar-refractivity contribution in [3.63, 3.8) is 0 Å². The Balaban J connectivity index is 4.58. The van der Waals surface area contributed by atoms with E-state index in [1.54, 1.807) is 0 Å². The number of rotatable bonds is 48. The molecule has 1 unspecified atom stereocenters. The fourth-order valence-electron chi connectivity index (χ4n) is 7.08. The van der Waals surface area contributed by atoms with Gasteiger partial charge in [-0.1, -0.05) is 263 Å². The largest absolute Gasteiger partial charge is 0.462 e. The molecule has 0 fully saturated rings. The summed E-state index contributed by atoms with van der Waals surface area (Å²) < 4.78 is 16.8. The van der Waals surface area contributed by atoms with Gasteiger partial charge < -0.3 is 14.2 Å². The lowest BCUT2D eigenvalue weighted by Gasteiger charge is -2.18. The summed E-state index contributed by atoms with van der Waals surface area (Å²) in [5.41, 5.74) is 0. The number of esters is 3. The van der Waals surface area contributed by atoms with Crippen LogP contribution in [-0.2, 0) is 28.6 Å². The first-order valence-corrected chi connectivity index (χ1v) is 28.0. The van der Waals surface area contributed by atoms with Crippen molar-refractivity contribution in [3.05, 3.63) is 146 Å². The van der Waals surface area contributed by atoms with Crippen molar-refractivity contribution in [2.75, 3.05) is 13.2 Å². The number of hydrogen-bond donors (Lipinski definition) is 0. The molecule has 0 aliphatic rings. The van der Waals surface area contributed by atoms with Crippen molar-refractivity contribution < 1.29 is 28.6 Å². The van der Waals surface area contributed by atoms with E-state index in [1.165, 1.54) is 57.8 Å². The Labute approximate surface area is 429 Å². The topological polar surface area (TPSA) is 78.9 Å². The molecule has 0 rings (SSSR count). The maximum atomic E-state index is 12.9. The van der Waals surface area contributed by atoms with E-state index >= 15 is 0 Å². The van der Waals surface area contributed by atoms with Crippen molar-refractivity contribution >= 4 is 17.9 Å². The fourth-order valence-corrected chi connectivity index (χ4v) is 7.08. The zero-order chi connectivity index (χ0) is 50.7. The Hall–Kier alpha value is -4.71. The van der Waals surface area contributed by atoms with Crippen molar-refractivity contribution in [1.82, 2.24) is 0 Å². The van der Waals surface area contributed by atoms with E-state index < -0.39 is 6.10 Å². The molecule has 0 aliphatic carbocycles.